The number of rotatable bonds is 9. The van der Waals surface area contributed by atoms with E-state index in [1.54, 1.807) is 25.1 Å². The number of hydrogen-bond acceptors (Lipinski definition) is 3. The highest BCUT2D eigenvalue weighted by Gasteiger charge is 2.27. The van der Waals surface area contributed by atoms with Gasteiger partial charge in [0.2, 0.25) is 5.91 Å². The van der Waals surface area contributed by atoms with Crippen molar-refractivity contribution in [2.45, 2.75) is 45.8 Å². The van der Waals surface area contributed by atoms with Crippen molar-refractivity contribution in [1.82, 2.24) is 10.2 Å². The van der Waals surface area contributed by atoms with Crippen LogP contribution in [0.3, 0.4) is 0 Å². The molecule has 0 bridgehead atoms. The topological polar surface area (TPSA) is 58.6 Å². The number of hydrogen-bond donors (Lipinski definition) is 1. The third-order valence-corrected chi connectivity index (χ3v) is 5.14. The molecule has 0 heterocycles. The molecule has 2 rings (SSSR count). The molecule has 0 aliphatic rings. The van der Waals surface area contributed by atoms with E-state index in [0.717, 1.165) is 12.0 Å². The van der Waals surface area contributed by atoms with Crippen LogP contribution in [0.25, 0.3) is 0 Å². The molecule has 2 amide bonds. The molecule has 0 fully saturated rings. The second-order valence-corrected chi connectivity index (χ2v) is 7.71. The lowest BCUT2D eigenvalue weighted by molar-refractivity contribution is -0.142. The lowest BCUT2D eigenvalue weighted by Crippen LogP contribution is -2.50. The van der Waals surface area contributed by atoms with Crippen LogP contribution in [0.15, 0.2) is 48.5 Å². The maximum atomic E-state index is 13.0. The molecule has 2 aromatic carbocycles. The average molecular weight is 437 g/mol. The summed E-state index contributed by atoms with van der Waals surface area (Å²) < 4.78 is 5.59. The van der Waals surface area contributed by atoms with Gasteiger partial charge in [0.15, 0.2) is 6.61 Å². The molecule has 0 spiro atoms. The van der Waals surface area contributed by atoms with Crippen LogP contribution >= 0.6 is 23.2 Å². The molecular weight excluding hydrogens is 411 g/mol. The summed E-state index contributed by atoms with van der Waals surface area (Å²) in [5.41, 5.74) is 0.925. The number of carbonyl (C=O) groups excluding carboxylic acids is 2. The van der Waals surface area contributed by atoms with E-state index in [9.17, 15) is 9.59 Å². The summed E-state index contributed by atoms with van der Waals surface area (Å²) in [6.45, 7) is 5.70. The first-order chi connectivity index (χ1) is 13.8. The van der Waals surface area contributed by atoms with Crippen molar-refractivity contribution < 1.29 is 14.3 Å². The van der Waals surface area contributed by atoms with E-state index in [0.29, 0.717) is 22.3 Å². The minimum Gasteiger partial charge on any atom is -0.482 e. The fourth-order valence-corrected chi connectivity index (χ4v) is 3.11. The average Bonchev–Trinajstić information content (AvgIpc) is 2.71. The lowest BCUT2D eigenvalue weighted by atomic mass is 10.1. The summed E-state index contributed by atoms with van der Waals surface area (Å²) >= 11 is 12.0. The second-order valence-electron chi connectivity index (χ2n) is 6.86. The summed E-state index contributed by atoms with van der Waals surface area (Å²) in [4.78, 5) is 27.1. The monoisotopic (exact) mass is 436 g/mol. The molecule has 0 saturated carbocycles. The molecule has 0 aromatic heterocycles. The number of halogens is 2. The number of nitrogens with one attached hydrogen (secondary N) is 1. The maximum Gasteiger partial charge on any atom is 0.261 e. The molecule has 0 saturated heterocycles. The van der Waals surface area contributed by atoms with Crippen molar-refractivity contribution in [3.63, 3.8) is 0 Å². The molecule has 0 aliphatic heterocycles. The van der Waals surface area contributed by atoms with Gasteiger partial charge in [-0.1, -0.05) is 60.5 Å². The lowest BCUT2D eigenvalue weighted by Gasteiger charge is -2.29. The molecule has 0 unspecified atom stereocenters. The van der Waals surface area contributed by atoms with Gasteiger partial charge in [0.25, 0.3) is 5.91 Å². The number of nitrogens with zero attached hydrogens (tertiary/aromatic N) is 1. The minimum absolute atomic E-state index is 0.0303. The molecule has 0 aliphatic carbocycles. The summed E-state index contributed by atoms with van der Waals surface area (Å²) in [5, 5.41) is 3.73. The van der Waals surface area contributed by atoms with Crippen LogP contribution in [0.4, 0.5) is 0 Å². The van der Waals surface area contributed by atoms with Gasteiger partial charge >= 0.3 is 0 Å². The fraction of sp³-hybridized carbons (Fsp3) is 0.364. The van der Waals surface area contributed by atoms with E-state index >= 15 is 0 Å². The van der Waals surface area contributed by atoms with Crippen LogP contribution in [0.5, 0.6) is 5.75 Å². The van der Waals surface area contributed by atoms with Crippen molar-refractivity contribution in [3.8, 4) is 5.75 Å². The number of carbonyl (C=O) groups is 2. The molecule has 5 nitrogen and oxygen atoms in total. The summed E-state index contributed by atoms with van der Waals surface area (Å²) in [6.07, 6.45) is 0.809. The zero-order chi connectivity index (χ0) is 21.4. The van der Waals surface area contributed by atoms with Crippen molar-refractivity contribution in [3.05, 3.63) is 64.1 Å². The highest BCUT2D eigenvalue weighted by atomic mass is 35.5. The van der Waals surface area contributed by atoms with E-state index in [4.69, 9.17) is 27.9 Å². The van der Waals surface area contributed by atoms with Gasteiger partial charge in [-0.05, 0) is 44.0 Å². The number of ether oxygens (including phenoxy) is 1. The molecular formula is C22H26Cl2N2O3. The van der Waals surface area contributed by atoms with Crippen LogP contribution < -0.4 is 10.1 Å². The zero-order valence-electron chi connectivity index (χ0n) is 16.8. The zero-order valence-corrected chi connectivity index (χ0v) is 18.3. The van der Waals surface area contributed by atoms with Crippen molar-refractivity contribution in [1.29, 1.82) is 0 Å². The maximum absolute atomic E-state index is 13.0. The molecule has 1 N–H and O–H groups in total. The van der Waals surface area contributed by atoms with E-state index in [1.165, 1.54) is 4.90 Å². The first-order valence-corrected chi connectivity index (χ1v) is 10.3. The Bertz CT molecular complexity index is 830. The van der Waals surface area contributed by atoms with Gasteiger partial charge in [-0.3, -0.25) is 9.59 Å². The van der Waals surface area contributed by atoms with Gasteiger partial charge in [0, 0.05) is 17.6 Å². The van der Waals surface area contributed by atoms with Gasteiger partial charge in [0.1, 0.15) is 11.8 Å². The normalized spacial score (nSPS) is 12.7. The predicted octanol–water partition coefficient (Wildman–Crippen LogP) is 4.70. The van der Waals surface area contributed by atoms with Crippen molar-refractivity contribution >= 4 is 35.0 Å². The highest BCUT2D eigenvalue weighted by molar-refractivity contribution is 6.35. The van der Waals surface area contributed by atoms with Gasteiger partial charge in [0.05, 0.1) is 5.02 Å². The van der Waals surface area contributed by atoms with Gasteiger partial charge in [-0.2, -0.15) is 0 Å². The molecule has 156 valence electrons. The summed E-state index contributed by atoms with van der Waals surface area (Å²) in [6, 6.07) is 13.7. The SMILES string of the molecule is CC[C@H](C)NC(=O)[C@@H](C)N(Cc1ccccc1)C(=O)COc1ccc(Cl)cc1Cl. The first kappa shape index (κ1) is 23.0. The van der Waals surface area contributed by atoms with E-state index in [-0.39, 0.29) is 24.5 Å². The Morgan fingerprint density at radius 3 is 2.41 bits per heavy atom. The summed E-state index contributed by atoms with van der Waals surface area (Å²) in [7, 11) is 0. The molecule has 2 atom stereocenters. The predicted molar refractivity (Wildman–Crippen MR) is 116 cm³/mol. The van der Waals surface area contributed by atoms with E-state index in [1.807, 2.05) is 44.2 Å². The van der Waals surface area contributed by atoms with Crippen LogP contribution in [0, 0.1) is 0 Å². The van der Waals surface area contributed by atoms with Gasteiger partial charge in [-0.15, -0.1) is 0 Å². The van der Waals surface area contributed by atoms with Crippen LogP contribution in [0.1, 0.15) is 32.8 Å². The fourth-order valence-electron chi connectivity index (χ4n) is 2.64. The minimum atomic E-state index is -0.652. The van der Waals surface area contributed by atoms with Crippen molar-refractivity contribution in [2.24, 2.45) is 0 Å². The smallest absolute Gasteiger partial charge is 0.261 e. The first-order valence-electron chi connectivity index (χ1n) is 9.53. The number of amides is 2. The molecule has 7 heteroatoms. The molecule has 0 radical (unpaired) electrons. The highest BCUT2D eigenvalue weighted by Crippen LogP contribution is 2.27. The second kappa shape index (κ2) is 11.1. The summed E-state index contributed by atoms with van der Waals surface area (Å²) in [5.74, 6) is -0.152. The molecule has 2 aromatic rings. The Morgan fingerprint density at radius 2 is 1.79 bits per heavy atom. The van der Waals surface area contributed by atoms with Crippen LogP contribution in [-0.2, 0) is 16.1 Å². The van der Waals surface area contributed by atoms with Gasteiger partial charge in [-0.25, -0.2) is 0 Å². The van der Waals surface area contributed by atoms with Crippen LogP contribution in [0.2, 0.25) is 10.0 Å². The Labute approximate surface area is 181 Å². The number of benzene rings is 2. The van der Waals surface area contributed by atoms with Crippen molar-refractivity contribution in [2.75, 3.05) is 6.61 Å². The van der Waals surface area contributed by atoms with E-state index in [2.05, 4.69) is 5.32 Å². The molecule has 29 heavy (non-hydrogen) atoms. The largest absolute Gasteiger partial charge is 0.482 e. The quantitative estimate of drug-likeness (QED) is 0.619. The van der Waals surface area contributed by atoms with Crippen LogP contribution in [-0.4, -0.2) is 35.4 Å². The third kappa shape index (κ3) is 6.94. The Balaban J connectivity index is 2.14. The Hall–Kier alpha value is -2.24. The Kier molecular flexibility index (Phi) is 8.80. The standard InChI is InChI=1S/C22H26Cl2N2O3/c1-4-15(2)25-22(28)16(3)26(13-17-8-6-5-7-9-17)21(27)14-29-20-11-10-18(23)12-19(20)24/h5-12,15-16H,4,13-14H2,1-3H3,(H,25,28)/t15-,16+/m0/s1. The third-order valence-electron chi connectivity index (χ3n) is 4.61. The van der Waals surface area contributed by atoms with Gasteiger partial charge < -0.3 is 15.0 Å². The Morgan fingerprint density at radius 1 is 1.10 bits per heavy atom. The van der Waals surface area contributed by atoms with E-state index < -0.39 is 6.04 Å².